The predicted octanol–water partition coefficient (Wildman–Crippen LogP) is 8.05. The summed E-state index contributed by atoms with van der Waals surface area (Å²) in [4.78, 5) is 1.55. The fourth-order valence-corrected chi connectivity index (χ4v) is 6.13. The van der Waals surface area contributed by atoms with E-state index in [1.54, 1.807) is 12.1 Å². The maximum atomic E-state index is 13.3. The molecule has 1 aliphatic rings. The second kappa shape index (κ2) is 12.4. The van der Waals surface area contributed by atoms with Crippen molar-refractivity contribution in [3.63, 3.8) is 0 Å². The van der Waals surface area contributed by atoms with Crippen molar-refractivity contribution in [3.05, 3.63) is 35.4 Å². The standard InChI is InChI=1S/C28H40O3S/c1-3-5-7-9-11-13-15-21-17-27-23(19-25(21)29)24-20-26(30)22(18-28(24)32(27)31)16-14-12-10-8-6-4-2/h17-20,29-30H,3-16H2,1-2H3. The molecule has 2 N–H and O–H groups in total. The van der Waals surface area contributed by atoms with Crippen LogP contribution in [0.15, 0.2) is 34.1 Å². The van der Waals surface area contributed by atoms with Crippen molar-refractivity contribution >= 4 is 10.8 Å². The minimum absolute atomic E-state index is 0.276. The van der Waals surface area contributed by atoms with Crippen molar-refractivity contribution in [1.82, 2.24) is 0 Å². The van der Waals surface area contributed by atoms with Gasteiger partial charge in [0.2, 0.25) is 0 Å². The van der Waals surface area contributed by atoms with Crippen LogP contribution in [0.25, 0.3) is 11.1 Å². The number of benzene rings is 2. The van der Waals surface area contributed by atoms with Gasteiger partial charge in [-0.3, -0.25) is 0 Å². The van der Waals surface area contributed by atoms with Gasteiger partial charge in [-0.1, -0.05) is 78.1 Å². The van der Waals surface area contributed by atoms with Crippen molar-refractivity contribution in [1.29, 1.82) is 0 Å². The minimum Gasteiger partial charge on any atom is -0.508 e. The molecule has 3 rings (SSSR count). The Bertz CT molecular complexity index is 846. The van der Waals surface area contributed by atoms with Crippen molar-refractivity contribution in [2.24, 2.45) is 0 Å². The van der Waals surface area contributed by atoms with Crippen molar-refractivity contribution in [2.45, 2.75) is 114 Å². The van der Waals surface area contributed by atoms with Crippen molar-refractivity contribution in [3.8, 4) is 22.6 Å². The van der Waals surface area contributed by atoms with Gasteiger partial charge in [0.25, 0.3) is 0 Å². The summed E-state index contributed by atoms with van der Waals surface area (Å²) in [5, 5.41) is 21.2. The molecular formula is C28H40O3S. The molecule has 1 heterocycles. The average Bonchev–Trinajstić information content (AvgIpc) is 3.03. The SMILES string of the molecule is CCCCCCCCc1cc2c(cc1O)-c1cc(O)c(CCCCCCCC)cc1S2=O. The van der Waals surface area contributed by atoms with Crippen molar-refractivity contribution < 1.29 is 14.4 Å². The Labute approximate surface area is 196 Å². The van der Waals surface area contributed by atoms with Crippen molar-refractivity contribution in [2.75, 3.05) is 0 Å². The molecule has 0 spiro atoms. The van der Waals surface area contributed by atoms with Gasteiger partial charge in [-0.2, -0.15) is 0 Å². The number of fused-ring (bicyclic) bond motifs is 3. The molecule has 0 bridgehead atoms. The van der Waals surface area contributed by atoms with E-state index in [9.17, 15) is 14.4 Å². The zero-order valence-electron chi connectivity index (χ0n) is 19.9. The number of phenolic OH excluding ortho intramolecular Hbond substituents is 2. The summed E-state index contributed by atoms with van der Waals surface area (Å²) in [7, 11) is -1.26. The molecule has 2 aromatic carbocycles. The van der Waals surface area contributed by atoms with Gasteiger partial charge in [0.05, 0.1) is 20.6 Å². The van der Waals surface area contributed by atoms with Gasteiger partial charge in [0.15, 0.2) is 0 Å². The van der Waals surface area contributed by atoms with Crippen LogP contribution in [0.1, 0.15) is 102 Å². The van der Waals surface area contributed by atoms with Gasteiger partial charge in [0.1, 0.15) is 11.5 Å². The third kappa shape index (κ3) is 6.15. The number of hydrogen-bond acceptors (Lipinski definition) is 3. The number of unbranched alkanes of at least 4 members (excludes halogenated alkanes) is 10. The predicted molar refractivity (Wildman–Crippen MR) is 134 cm³/mol. The minimum atomic E-state index is -1.26. The van der Waals surface area contributed by atoms with E-state index in [1.165, 1.54) is 51.4 Å². The van der Waals surface area contributed by atoms with E-state index < -0.39 is 10.8 Å². The van der Waals surface area contributed by atoms with Crippen LogP contribution in [-0.2, 0) is 23.6 Å². The molecule has 0 unspecified atom stereocenters. The first-order valence-corrected chi connectivity index (χ1v) is 13.9. The zero-order valence-corrected chi connectivity index (χ0v) is 20.7. The van der Waals surface area contributed by atoms with Crippen LogP contribution >= 0.6 is 0 Å². The van der Waals surface area contributed by atoms with E-state index in [0.717, 1.165) is 70.6 Å². The van der Waals surface area contributed by atoms with Gasteiger partial charge in [-0.15, -0.1) is 0 Å². The Morgan fingerprint density at radius 2 is 0.969 bits per heavy atom. The highest BCUT2D eigenvalue weighted by atomic mass is 32.2. The summed E-state index contributed by atoms with van der Waals surface area (Å²) in [6.45, 7) is 4.44. The maximum absolute atomic E-state index is 13.3. The second-order valence-corrected chi connectivity index (χ2v) is 10.7. The van der Waals surface area contributed by atoms with E-state index in [4.69, 9.17) is 0 Å². The number of phenols is 2. The lowest BCUT2D eigenvalue weighted by Crippen LogP contribution is -1.93. The monoisotopic (exact) mass is 456 g/mol. The molecule has 0 radical (unpaired) electrons. The lowest BCUT2D eigenvalue weighted by molar-refractivity contribution is 0.464. The molecule has 0 aliphatic carbocycles. The summed E-state index contributed by atoms with van der Waals surface area (Å²) in [6.07, 6.45) is 16.1. The van der Waals surface area contributed by atoms with Crippen LogP contribution in [0.5, 0.6) is 11.5 Å². The highest BCUT2D eigenvalue weighted by Crippen LogP contribution is 2.46. The molecule has 32 heavy (non-hydrogen) atoms. The van der Waals surface area contributed by atoms with Crippen LogP contribution in [0.4, 0.5) is 0 Å². The molecule has 1 aliphatic heterocycles. The summed E-state index contributed by atoms with van der Waals surface area (Å²) in [5.41, 5.74) is 3.36. The Hall–Kier alpha value is -1.81. The highest BCUT2D eigenvalue weighted by molar-refractivity contribution is 7.85. The van der Waals surface area contributed by atoms with E-state index in [1.807, 2.05) is 12.1 Å². The van der Waals surface area contributed by atoms with Gasteiger partial charge in [0, 0.05) is 11.1 Å². The van der Waals surface area contributed by atoms with Gasteiger partial charge < -0.3 is 10.2 Å². The molecule has 3 nitrogen and oxygen atoms in total. The Kier molecular flexibility index (Phi) is 9.65. The first kappa shape index (κ1) is 24.8. The van der Waals surface area contributed by atoms with Gasteiger partial charge in [-0.25, -0.2) is 4.21 Å². The lowest BCUT2D eigenvalue weighted by atomic mass is 9.97. The third-order valence-corrected chi connectivity index (χ3v) is 8.13. The summed E-state index contributed by atoms with van der Waals surface area (Å²) in [5.74, 6) is 0.551. The Morgan fingerprint density at radius 3 is 1.38 bits per heavy atom. The van der Waals surface area contributed by atoms with Crippen LogP contribution in [0.2, 0.25) is 0 Å². The molecule has 176 valence electrons. The summed E-state index contributed by atoms with van der Waals surface area (Å²) < 4.78 is 13.3. The number of rotatable bonds is 14. The van der Waals surface area contributed by atoms with Gasteiger partial charge in [-0.05, 0) is 61.1 Å². The average molecular weight is 457 g/mol. The van der Waals surface area contributed by atoms with Crippen LogP contribution in [0.3, 0.4) is 0 Å². The lowest BCUT2D eigenvalue weighted by Gasteiger charge is -2.09. The molecule has 4 heteroatoms. The van der Waals surface area contributed by atoms with Crippen LogP contribution in [0, 0.1) is 0 Å². The van der Waals surface area contributed by atoms with Crippen LogP contribution < -0.4 is 0 Å². The third-order valence-electron chi connectivity index (χ3n) is 6.65. The van der Waals surface area contributed by atoms with E-state index >= 15 is 0 Å². The molecule has 0 fully saturated rings. The molecule has 0 saturated carbocycles. The Morgan fingerprint density at radius 1 is 0.594 bits per heavy atom. The zero-order chi connectivity index (χ0) is 22.9. The molecule has 0 amide bonds. The van der Waals surface area contributed by atoms with E-state index in [2.05, 4.69) is 13.8 Å². The maximum Gasteiger partial charge on any atom is 0.119 e. The molecule has 0 aromatic heterocycles. The van der Waals surface area contributed by atoms with E-state index in [-0.39, 0.29) is 11.5 Å². The molecule has 0 atom stereocenters. The Balaban J connectivity index is 1.66. The fraction of sp³-hybridized carbons (Fsp3) is 0.571. The smallest absolute Gasteiger partial charge is 0.119 e. The topological polar surface area (TPSA) is 57.5 Å². The number of aryl methyl sites for hydroxylation is 2. The molecular weight excluding hydrogens is 416 g/mol. The van der Waals surface area contributed by atoms with Gasteiger partial charge >= 0.3 is 0 Å². The second-order valence-electron chi connectivity index (χ2n) is 9.26. The number of hydrogen-bond donors (Lipinski definition) is 2. The fourth-order valence-electron chi connectivity index (χ4n) is 4.66. The highest BCUT2D eigenvalue weighted by Gasteiger charge is 2.28. The number of aromatic hydroxyl groups is 2. The largest absolute Gasteiger partial charge is 0.508 e. The first-order valence-electron chi connectivity index (χ1n) is 12.7. The van der Waals surface area contributed by atoms with Crippen LogP contribution in [-0.4, -0.2) is 14.4 Å². The molecule has 2 aromatic rings. The summed E-state index contributed by atoms with van der Waals surface area (Å²) >= 11 is 0. The summed E-state index contributed by atoms with van der Waals surface area (Å²) in [6, 6.07) is 7.35. The molecule has 0 saturated heterocycles. The first-order chi connectivity index (χ1) is 15.6. The normalized spacial score (nSPS) is 12.8. The quantitative estimate of drug-likeness (QED) is 0.241. The van der Waals surface area contributed by atoms with E-state index in [0.29, 0.717) is 0 Å².